The van der Waals surface area contributed by atoms with Gasteiger partial charge in [-0.2, -0.15) is 0 Å². The first-order valence-electron chi connectivity index (χ1n) is 9.97. The van der Waals surface area contributed by atoms with Gasteiger partial charge in [-0.15, -0.1) is 0 Å². The van der Waals surface area contributed by atoms with Crippen molar-refractivity contribution in [2.24, 2.45) is 4.99 Å². The smallest absolute Gasteiger partial charge is 0.242 e. The summed E-state index contributed by atoms with van der Waals surface area (Å²) in [5, 5.41) is 4.04. The van der Waals surface area contributed by atoms with E-state index >= 15 is 0 Å². The number of hydrogen-bond donors (Lipinski definition) is 1. The molecule has 3 rings (SSSR count). The molecule has 1 saturated heterocycles. The van der Waals surface area contributed by atoms with Crippen LogP contribution in [0.15, 0.2) is 40.9 Å². The molecule has 1 N–H and O–H groups in total. The van der Waals surface area contributed by atoms with Gasteiger partial charge < -0.3 is 19.9 Å². The Morgan fingerprint density at radius 2 is 2.11 bits per heavy atom. The summed E-state index contributed by atoms with van der Waals surface area (Å²) in [6.07, 6.45) is 4.10. The summed E-state index contributed by atoms with van der Waals surface area (Å²) in [4.78, 5) is 21.4. The van der Waals surface area contributed by atoms with Gasteiger partial charge in [0, 0.05) is 37.7 Å². The van der Waals surface area contributed by atoms with Crippen LogP contribution in [0.25, 0.3) is 0 Å². The summed E-state index contributed by atoms with van der Waals surface area (Å²) < 4.78 is 5.35. The average Bonchev–Trinajstić information content (AvgIpc) is 2.71. The van der Waals surface area contributed by atoms with Crippen LogP contribution in [-0.2, 0) is 16.1 Å². The van der Waals surface area contributed by atoms with E-state index in [9.17, 15) is 4.79 Å². The lowest BCUT2D eigenvalue weighted by molar-refractivity contribution is -0.135. The molecule has 0 radical (unpaired) electrons. The van der Waals surface area contributed by atoms with Gasteiger partial charge in [-0.25, -0.2) is 0 Å². The van der Waals surface area contributed by atoms with Crippen molar-refractivity contribution in [2.75, 3.05) is 45.9 Å². The third-order valence-corrected chi connectivity index (χ3v) is 5.24. The van der Waals surface area contributed by atoms with E-state index in [0.717, 1.165) is 50.6 Å². The lowest BCUT2D eigenvalue weighted by Gasteiger charge is -2.36. The van der Waals surface area contributed by atoms with Gasteiger partial charge in [-0.05, 0) is 37.5 Å². The normalized spacial score (nSPS) is 18.3. The third kappa shape index (κ3) is 5.97. The SMILES string of the molecule is CCNC(=NCCC1=CCOCC1)N1CCN(Cc2ccc(Cl)cc2)C(=O)C1. The van der Waals surface area contributed by atoms with Crippen molar-refractivity contribution >= 4 is 23.5 Å². The lowest BCUT2D eigenvalue weighted by Crippen LogP contribution is -2.55. The summed E-state index contributed by atoms with van der Waals surface area (Å²) >= 11 is 5.94. The largest absolute Gasteiger partial charge is 0.377 e. The molecule has 1 fully saturated rings. The molecule has 0 saturated carbocycles. The molecular formula is C21H29ClN4O2. The highest BCUT2D eigenvalue weighted by Gasteiger charge is 2.26. The van der Waals surface area contributed by atoms with Crippen molar-refractivity contribution in [3.63, 3.8) is 0 Å². The molecule has 0 aliphatic carbocycles. The Balaban J connectivity index is 1.54. The monoisotopic (exact) mass is 404 g/mol. The Bertz CT molecular complexity index is 718. The number of benzene rings is 1. The van der Waals surface area contributed by atoms with Gasteiger partial charge >= 0.3 is 0 Å². The molecule has 0 atom stereocenters. The van der Waals surface area contributed by atoms with E-state index in [0.29, 0.717) is 31.3 Å². The standard InChI is InChI=1S/C21H29ClN4O2/c1-2-23-21(24-10-7-17-8-13-28-14-9-17)26-12-11-25(20(27)16-26)15-18-3-5-19(22)6-4-18/h3-6,8H,2,7,9-16H2,1H3,(H,23,24). The Kier molecular flexibility index (Phi) is 7.74. The van der Waals surface area contributed by atoms with Gasteiger partial charge in [0.2, 0.25) is 5.91 Å². The first-order valence-corrected chi connectivity index (χ1v) is 10.3. The molecule has 1 aromatic rings. The first kappa shape index (κ1) is 20.7. The quantitative estimate of drug-likeness (QED) is 0.450. The Morgan fingerprint density at radius 1 is 1.29 bits per heavy atom. The summed E-state index contributed by atoms with van der Waals surface area (Å²) in [6.45, 7) is 7.53. The number of ether oxygens (including phenoxy) is 1. The lowest BCUT2D eigenvalue weighted by atomic mass is 10.1. The number of nitrogens with zero attached hydrogens (tertiary/aromatic N) is 3. The molecule has 2 aliphatic heterocycles. The number of nitrogens with one attached hydrogen (secondary N) is 1. The second-order valence-corrected chi connectivity index (χ2v) is 7.47. The Hall–Kier alpha value is -2.05. The molecule has 1 amide bonds. The average molecular weight is 405 g/mol. The molecule has 0 unspecified atom stereocenters. The van der Waals surface area contributed by atoms with Crippen LogP contribution in [0.3, 0.4) is 0 Å². The summed E-state index contributed by atoms with van der Waals surface area (Å²) in [5.41, 5.74) is 2.51. The van der Waals surface area contributed by atoms with Gasteiger partial charge in [0.05, 0.1) is 19.8 Å². The minimum Gasteiger partial charge on any atom is -0.377 e. The van der Waals surface area contributed by atoms with Gasteiger partial charge in [0.15, 0.2) is 5.96 Å². The second-order valence-electron chi connectivity index (χ2n) is 7.04. The maximum absolute atomic E-state index is 12.7. The molecule has 2 heterocycles. The number of aliphatic imine (C=N–C) groups is 1. The van der Waals surface area contributed by atoms with Gasteiger partial charge in [0.1, 0.15) is 0 Å². The summed E-state index contributed by atoms with van der Waals surface area (Å²) in [7, 11) is 0. The summed E-state index contributed by atoms with van der Waals surface area (Å²) in [5.74, 6) is 0.952. The van der Waals surface area contributed by atoms with Crippen LogP contribution >= 0.6 is 11.6 Å². The topological polar surface area (TPSA) is 57.2 Å². The van der Waals surface area contributed by atoms with E-state index in [1.807, 2.05) is 29.2 Å². The molecule has 7 heteroatoms. The van der Waals surface area contributed by atoms with Crippen LogP contribution < -0.4 is 5.32 Å². The van der Waals surface area contributed by atoms with Crippen LogP contribution in [0, 0.1) is 0 Å². The molecule has 28 heavy (non-hydrogen) atoms. The third-order valence-electron chi connectivity index (χ3n) is 4.99. The van der Waals surface area contributed by atoms with Crippen molar-refractivity contribution < 1.29 is 9.53 Å². The second kappa shape index (κ2) is 10.5. The fourth-order valence-corrected chi connectivity index (χ4v) is 3.52. The molecule has 6 nitrogen and oxygen atoms in total. The van der Waals surface area contributed by atoms with Crippen LogP contribution in [0.1, 0.15) is 25.3 Å². The van der Waals surface area contributed by atoms with Crippen LogP contribution in [0.4, 0.5) is 0 Å². The van der Waals surface area contributed by atoms with Gasteiger partial charge in [-0.1, -0.05) is 35.4 Å². The number of amides is 1. The van der Waals surface area contributed by atoms with Gasteiger partial charge in [-0.3, -0.25) is 9.79 Å². The van der Waals surface area contributed by atoms with Gasteiger partial charge in [0.25, 0.3) is 0 Å². The van der Waals surface area contributed by atoms with E-state index in [2.05, 4.69) is 23.2 Å². The minimum atomic E-state index is 0.124. The molecule has 2 aliphatic rings. The summed E-state index contributed by atoms with van der Waals surface area (Å²) in [6, 6.07) is 7.67. The molecular weight excluding hydrogens is 376 g/mol. The number of rotatable bonds is 6. The molecule has 1 aromatic carbocycles. The number of halogens is 1. The number of piperazine rings is 1. The van der Waals surface area contributed by atoms with Crippen LogP contribution in [0.2, 0.25) is 5.02 Å². The van der Waals surface area contributed by atoms with E-state index in [1.165, 1.54) is 5.57 Å². The Morgan fingerprint density at radius 3 is 2.79 bits per heavy atom. The predicted octanol–water partition coefficient (Wildman–Crippen LogP) is 2.69. The molecule has 0 spiro atoms. The van der Waals surface area contributed by atoms with E-state index in [-0.39, 0.29) is 5.91 Å². The zero-order chi connectivity index (χ0) is 19.8. The fraction of sp³-hybridized carbons (Fsp3) is 0.524. The fourth-order valence-electron chi connectivity index (χ4n) is 3.39. The number of carbonyl (C=O) groups excluding carboxylic acids is 1. The predicted molar refractivity (Wildman–Crippen MR) is 113 cm³/mol. The first-order chi connectivity index (χ1) is 13.7. The maximum Gasteiger partial charge on any atom is 0.242 e. The van der Waals surface area contributed by atoms with Crippen molar-refractivity contribution in [3.8, 4) is 0 Å². The van der Waals surface area contributed by atoms with Crippen LogP contribution in [0.5, 0.6) is 0 Å². The van der Waals surface area contributed by atoms with Crippen molar-refractivity contribution in [1.29, 1.82) is 0 Å². The molecule has 0 aromatic heterocycles. The molecule has 152 valence electrons. The highest BCUT2D eigenvalue weighted by molar-refractivity contribution is 6.30. The zero-order valence-electron chi connectivity index (χ0n) is 16.5. The number of carbonyl (C=O) groups is 1. The maximum atomic E-state index is 12.7. The highest BCUT2D eigenvalue weighted by Crippen LogP contribution is 2.14. The van der Waals surface area contributed by atoms with E-state index in [4.69, 9.17) is 21.3 Å². The highest BCUT2D eigenvalue weighted by atomic mass is 35.5. The molecule has 0 bridgehead atoms. The van der Waals surface area contributed by atoms with Crippen molar-refractivity contribution in [3.05, 3.63) is 46.5 Å². The zero-order valence-corrected chi connectivity index (χ0v) is 17.2. The number of guanidine groups is 1. The minimum absolute atomic E-state index is 0.124. The van der Waals surface area contributed by atoms with Crippen LogP contribution in [-0.4, -0.2) is 67.6 Å². The number of hydrogen-bond acceptors (Lipinski definition) is 3. The van der Waals surface area contributed by atoms with E-state index < -0.39 is 0 Å². The van der Waals surface area contributed by atoms with Crippen molar-refractivity contribution in [2.45, 2.75) is 26.3 Å². The van der Waals surface area contributed by atoms with Crippen molar-refractivity contribution in [1.82, 2.24) is 15.1 Å². The Labute approximate surface area is 172 Å². The van der Waals surface area contributed by atoms with E-state index in [1.54, 1.807) is 0 Å².